The molecule has 12 heavy (non-hydrogen) atoms. The zero-order chi connectivity index (χ0) is 7.84. The van der Waals surface area contributed by atoms with E-state index in [2.05, 4.69) is 0 Å². The molecule has 2 heterocycles. The molecule has 0 bridgehead atoms. The molecule has 2 aliphatic heterocycles. The van der Waals surface area contributed by atoms with Gasteiger partial charge in [0.15, 0.2) is 0 Å². The Labute approximate surface area is 95.7 Å². The number of hydrogen-bond acceptors (Lipinski definition) is 4. The molecule has 4 atom stereocenters. The second-order valence-corrected chi connectivity index (χ2v) is 3.61. The first-order valence-corrected chi connectivity index (χ1v) is 4.90. The van der Waals surface area contributed by atoms with E-state index < -0.39 is 8.25 Å². The molecule has 2 saturated heterocycles. The normalized spacial score (nSPS) is 45.4. The molecule has 0 saturated carbocycles. The van der Waals surface area contributed by atoms with Crippen LogP contribution in [0.2, 0.25) is 0 Å². The van der Waals surface area contributed by atoms with Crippen molar-refractivity contribution in [1.29, 1.82) is 0 Å². The van der Waals surface area contributed by atoms with Crippen LogP contribution in [0, 0.1) is 37.7 Å². The molecule has 0 radical (unpaired) electrons. The van der Waals surface area contributed by atoms with Crippen LogP contribution >= 0.6 is 8.25 Å². The minimum absolute atomic E-state index is 0. The van der Waals surface area contributed by atoms with E-state index in [0.29, 0.717) is 0 Å². The predicted molar refractivity (Wildman–Crippen MR) is 38.2 cm³/mol. The predicted octanol–water partition coefficient (Wildman–Crippen LogP) is 1.13. The van der Waals surface area contributed by atoms with E-state index >= 15 is 0 Å². The fourth-order valence-electron chi connectivity index (χ4n) is 1.36. The third-order valence-corrected chi connectivity index (χ3v) is 2.87. The van der Waals surface area contributed by atoms with Crippen molar-refractivity contribution in [1.82, 2.24) is 0 Å². The summed E-state index contributed by atoms with van der Waals surface area (Å²) in [4.78, 5) is 0. The first-order valence-electron chi connectivity index (χ1n) is 3.67. The number of hydrogen-bond donors (Lipinski definition) is 0. The molecule has 2 fully saturated rings. The molecule has 68 valence electrons. The van der Waals surface area contributed by atoms with Gasteiger partial charge in [0.25, 0.3) is 0 Å². The van der Waals surface area contributed by atoms with Crippen molar-refractivity contribution in [3.8, 4) is 0 Å². The average molecular weight is 415 g/mol. The van der Waals surface area contributed by atoms with Crippen molar-refractivity contribution in [2.24, 2.45) is 0 Å². The summed E-state index contributed by atoms with van der Waals surface area (Å²) >= 11 is 0. The Balaban J connectivity index is 0.000000720. The van der Waals surface area contributed by atoms with Gasteiger partial charge >= 0.3 is 8.25 Å². The van der Waals surface area contributed by atoms with Crippen LogP contribution in [-0.2, 0) is 18.3 Å². The molecular formula is C6H10O4PU-. The van der Waals surface area contributed by atoms with Crippen molar-refractivity contribution in [3.05, 3.63) is 6.61 Å². The molecule has 0 aromatic heterocycles. The summed E-state index contributed by atoms with van der Waals surface area (Å²) in [6.07, 6.45) is 0.546. The van der Waals surface area contributed by atoms with Gasteiger partial charge in [-0.1, -0.05) is 6.92 Å². The van der Waals surface area contributed by atoms with Gasteiger partial charge < -0.3 is 13.8 Å². The van der Waals surface area contributed by atoms with Crippen molar-refractivity contribution in [2.75, 3.05) is 0 Å². The van der Waals surface area contributed by atoms with Gasteiger partial charge in [-0.25, -0.2) is 0 Å². The van der Waals surface area contributed by atoms with Gasteiger partial charge in [-0.15, -0.1) is 0 Å². The SMILES string of the molecule is CC[C@H]1O[CH-]C2O[PH](=O)O[C@@H]21.[U]. The monoisotopic (exact) mass is 415 g/mol. The summed E-state index contributed by atoms with van der Waals surface area (Å²) in [5.41, 5.74) is 0. The van der Waals surface area contributed by atoms with Crippen LogP contribution < -0.4 is 0 Å². The zero-order valence-electron chi connectivity index (χ0n) is 6.65. The van der Waals surface area contributed by atoms with Crippen molar-refractivity contribution >= 4 is 8.25 Å². The van der Waals surface area contributed by atoms with Gasteiger partial charge in [-0.05, 0) is 12.5 Å². The van der Waals surface area contributed by atoms with Crippen LogP contribution in [0.3, 0.4) is 0 Å². The van der Waals surface area contributed by atoms with Crippen LogP contribution in [0.1, 0.15) is 13.3 Å². The Morgan fingerprint density at radius 3 is 2.92 bits per heavy atom. The molecule has 2 rings (SSSR count). The second kappa shape index (κ2) is 4.59. The van der Waals surface area contributed by atoms with Gasteiger partial charge in [-0.3, -0.25) is 4.57 Å². The van der Waals surface area contributed by atoms with Crippen molar-refractivity contribution in [2.45, 2.75) is 31.7 Å². The Morgan fingerprint density at radius 1 is 1.50 bits per heavy atom. The number of ether oxygens (including phenoxy) is 1. The molecule has 0 N–H and O–H groups in total. The molecular weight excluding hydrogens is 405 g/mol. The Bertz CT molecular complexity index is 188. The first kappa shape index (κ1) is 11.2. The number of fused-ring (bicyclic) bond motifs is 1. The van der Waals surface area contributed by atoms with Gasteiger partial charge in [0.05, 0.1) is 12.2 Å². The van der Waals surface area contributed by atoms with E-state index in [1.54, 1.807) is 6.61 Å². The second-order valence-electron chi connectivity index (χ2n) is 2.63. The molecule has 0 spiro atoms. The summed E-state index contributed by atoms with van der Waals surface area (Å²) in [7, 11) is -2.22. The van der Waals surface area contributed by atoms with Crippen LogP contribution in [0.15, 0.2) is 0 Å². The van der Waals surface area contributed by atoms with E-state index in [-0.39, 0.29) is 49.4 Å². The fraction of sp³-hybridized carbons (Fsp3) is 0.833. The Kier molecular flexibility index (Phi) is 4.30. The van der Waals surface area contributed by atoms with Crippen LogP contribution in [0.25, 0.3) is 0 Å². The largest absolute Gasteiger partial charge is 0.545 e. The van der Waals surface area contributed by atoms with E-state index in [1.807, 2.05) is 6.92 Å². The van der Waals surface area contributed by atoms with E-state index in [9.17, 15) is 4.57 Å². The van der Waals surface area contributed by atoms with Crippen LogP contribution in [-0.4, -0.2) is 18.3 Å². The number of rotatable bonds is 1. The summed E-state index contributed by atoms with van der Waals surface area (Å²) in [6, 6.07) is 0. The van der Waals surface area contributed by atoms with E-state index in [0.717, 1.165) is 6.42 Å². The standard InChI is InChI=1S/C6H10O4P.U/c1-2-4-6-5(3-8-4)9-11(7)10-6;/h3-6,11H,2H2,1H3;/q-1;/t4-,5?,6-;/m1./s1. The third kappa shape index (κ3) is 1.97. The smallest absolute Gasteiger partial charge is 0.317 e. The molecule has 0 amide bonds. The maximum absolute atomic E-state index is 10.8. The first-order chi connectivity index (χ1) is 5.31. The fourth-order valence-corrected chi connectivity index (χ4v) is 2.34. The molecule has 2 unspecified atom stereocenters. The topological polar surface area (TPSA) is 44.8 Å². The van der Waals surface area contributed by atoms with Crippen molar-refractivity contribution in [3.63, 3.8) is 0 Å². The van der Waals surface area contributed by atoms with Crippen LogP contribution in [0.4, 0.5) is 0 Å². The van der Waals surface area contributed by atoms with Gasteiger partial charge in [0.1, 0.15) is 0 Å². The summed E-state index contributed by atoms with van der Waals surface area (Å²) in [6.45, 7) is 3.58. The Hall–Kier alpha value is 1.16. The maximum Gasteiger partial charge on any atom is 0.317 e. The maximum atomic E-state index is 10.8. The van der Waals surface area contributed by atoms with Crippen LogP contribution in [0.5, 0.6) is 0 Å². The summed E-state index contributed by atoms with van der Waals surface area (Å²) in [5, 5.41) is 0. The third-order valence-electron chi connectivity index (χ3n) is 1.94. The average Bonchev–Trinajstić information content (AvgIpc) is 2.45. The molecule has 0 aliphatic carbocycles. The summed E-state index contributed by atoms with van der Waals surface area (Å²) < 4.78 is 26.0. The molecule has 6 heteroatoms. The quantitative estimate of drug-likeness (QED) is 0.476. The molecule has 0 aromatic carbocycles. The van der Waals surface area contributed by atoms with E-state index in [4.69, 9.17) is 13.8 Å². The molecule has 0 aromatic rings. The minimum Gasteiger partial charge on any atom is -0.545 e. The van der Waals surface area contributed by atoms with Gasteiger partial charge in [-0.2, -0.15) is 6.61 Å². The molecule has 4 nitrogen and oxygen atoms in total. The van der Waals surface area contributed by atoms with Crippen molar-refractivity contribution < 1.29 is 49.5 Å². The molecule has 2 aliphatic rings. The van der Waals surface area contributed by atoms with Gasteiger partial charge in [0.2, 0.25) is 0 Å². The summed E-state index contributed by atoms with van der Waals surface area (Å²) in [5.74, 6) is 0. The van der Waals surface area contributed by atoms with E-state index in [1.165, 1.54) is 0 Å². The van der Waals surface area contributed by atoms with Gasteiger partial charge in [0, 0.05) is 31.1 Å². The minimum atomic E-state index is -2.22. The Morgan fingerprint density at radius 2 is 2.25 bits per heavy atom. The zero-order valence-corrected chi connectivity index (χ0v) is 11.8.